The van der Waals surface area contributed by atoms with Gasteiger partial charge in [-0.1, -0.05) is 16.8 Å². The van der Waals surface area contributed by atoms with Crippen LogP contribution in [0.25, 0.3) is 11.3 Å². The quantitative estimate of drug-likeness (QED) is 0.798. The average molecular weight is 367 g/mol. The third kappa shape index (κ3) is 3.51. The number of phenols is 2. The summed E-state index contributed by atoms with van der Waals surface area (Å²) in [6.07, 6.45) is 0.100. The van der Waals surface area contributed by atoms with Crippen LogP contribution in [0.1, 0.15) is 32.0 Å². The van der Waals surface area contributed by atoms with E-state index in [0.717, 1.165) is 11.8 Å². The van der Waals surface area contributed by atoms with Crippen molar-refractivity contribution in [2.75, 3.05) is 6.54 Å². The van der Waals surface area contributed by atoms with E-state index in [4.69, 9.17) is 20.9 Å². The minimum atomic E-state index is -0.586. The van der Waals surface area contributed by atoms with E-state index in [-0.39, 0.29) is 23.1 Å². The van der Waals surface area contributed by atoms with Gasteiger partial charge in [0.05, 0.1) is 22.8 Å². The van der Waals surface area contributed by atoms with E-state index in [9.17, 15) is 15.0 Å². The number of carbonyl (C=O) groups excluding carboxylic acids is 1. The van der Waals surface area contributed by atoms with Crippen molar-refractivity contribution in [2.45, 2.75) is 39.3 Å². The first-order valence-corrected chi connectivity index (χ1v) is 8.20. The molecule has 0 aliphatic carbocycles. The van der Waals surface area contributed by atoms with Crippen molar-refractivity contribution in [3.8, 4) is 22.8 Å². The molecule has 1 aromatic heterocycles. The van der Waals surface area contributed by atoms with Crippen LogP contribution in [0.4, 0.5) is 4.79 Å². The van der Waals surface area contributed by atoms with Crippen molar-refractivity contribution in [3.05, 3.63) is 28.4 Å². The second kappa shape index (κ2) is 6.15. The summed E-state index contributed by atoms with van der Waals surface area (Å²) in [6.45, 7) is 6.14. The van der Waals surface area contributed by atoms with Gasteiger partial charge in [0.25, 0.3) is 0 Å². The first-order valence-electron chi connectivity index (χ1n) is 7.83. The molecule has 0 spiro atoms. The third-order valence-electron chi connectivity index (χ3n) is 3.80. The van der Waals surface area contributed by atoms with Crippen molar-refractivity contribution >= 4 is 17.7 Å². The number of fused-ring (bicyclic) bond motifs is 1. The van der Waals surface area contributed by atoms with Gasteiger partial charge in [-0.05, 0) is 26.8 Å². The number of ether oxygens (including phenoxy) is 1. The van der Waals surface area contributed by atoms with Gasteiger partial charge >= 0.3 is 6.09 Å². The molecule has 2 N–H and O–H groups in total. The molecule has 7 nitrogen and oxygen atoms in total. The average Bonchev–Trinajstić information content (AvgIpc) is 2.92. The fourth-order valence-corrected chi connectivity index (χ4v) is 2.80. The number of rotatable bonds is 1. The molecule has 3 rings (SSSR count). The van der Waals surface area contributed by atoms with E-state index in [1.165, 1.54) is 6.07 Å². The zero-order valence-electron chi connectivity index (χ0n) is 14.2. The number of halogens is 1. The molecule has 25 heavy (non-hydrogen) atoms. The van der Waals surface area contributed by atoms with Gasteiger partial charge in [-0.15, -0.1) is 0 Å². The number of nitrogens with zero attached hydrogens (tertiary/aromatic N) is 2. The van der Waals surface area contributed by atoms with Crippen LogP contribution in [-0.2, 0) is 17.7 Å². The third-order valence-corrected chi connectivity index (χ3v) is 4.10. The Labute approximate surface area is 149 Å². The molecular formula is C17H19ClN2O5. The number of phenolic OH excluding ortho intramolecular Hbond substituents is 2. The van der Waals surface area contributed by atoms with Gasteiger partial charge in [-0.25, -0.2) is 4.79 Å². The molecule has 0 fully saturated rings. The zero-order valence-corrected chi connectivity index (χ0v) is 14.9. The summed E-state index contributed by atoms with van der Waals surface area (Å²) in [4.78, 5) is 13.9. The van der Waals surface area contributed by atoms with Gasteiger partial charge in [-0.3, -0.25) is 0 Å². The second-order valence-electron chi connectivity index (χ2n) is 6.91. The van der Waals surface area contributed by atoms with Crippen molar-refractivity contribution < 1.29 is 24.3 Å². The predicted octanol–water partition coefficient (Wildman–Crippen LogP) is 3.70. The summed E-state index contributed by atoms with van der Waals surface area (Å²) in [5.41, 5.74) is 1.13. The Kier molecular flexibility index (Phi) is 4.28. The number of hydrogen-bond donors (Lipinski definition) is 2. The van der Waals surface area contributed by atoms with Gasteiger partial charge in [0, 0.05) is 24.6 Å². The Morgan fingerprint density at radius 2 is 2.04 bits per heavy atom. The molecule has 0 saturated carbocycles. The van der Waals surface area contributed by atoms with E-state index in [1.54, 1.807) is 4.90 Å². The molecule has 0 bridgehead atoms. The highest BCUT2D eigenvalue weighted by Crippen LogP contribution is 2.40. The van der Waals surface area contributed by atoms with E-state index >= 15 is 0 Å². The molecule has 0 unspecified atom stereocenters. The molecule has 0 atom stereocenters. The summed E-state index contributed by atoms with van der Waals surface area (Å²) in [5.74, 6) is -0.0930. The first kappa shape index (κ1) is 17.4. The van der Waals surface area contributed by atoms with Gasteiger partial charge < -0.3 is 24.4 Å². The number of benzene rings is 1. The largest absolute Gasteiger partial charge is 0.507 e. The normalized spacial score (nSPS) is 14.3. The highest BCUT2D eigenvalue weighted by molar-refractivity contribution is 6.32. The maximum Gasteiger partial charge on any atom is 0.410 e. The lowest BCUT2D eigenvalue weighted by Gasteiger charge is -2.29. The molecule has 2 aromatic rings. The Morgan fingerprint density at radius 1 is 1.32 bits per heavy atom. The summed E-state index contributed by atoms with van der Waals surface area (Å²) < 4.78 is 10.8. The van der Waals surface area contributed by atoms with Crippen molar-refractivity contribution in [3.63, 3.8) is 0 Å². The van der Waals surface area contributed by atoms with Crippen LogP contribution in [0.3, 0.4) is 0 Å². The molecule has 0 radical (unpaired) electrons. The molecular weight excluding hydrogens is 348 g/mol. The van der Waals surface area contributed by atoms with Gasteiger partial charge in [0.2, 0.25) is 0 Å². The summed E-state index contributed by atoms with van der Waals surface area (Å²) >= 11 is 5.93. The van der Waals surface area contributed by atoms with Crippen LogP contribution in [0, 0.1) is 0 Å². The number of hydrogen-bond acceptors (Lipinski definition) is 6. The molecule has 2 heterocycles. The molecule has 1 aliphatic heterocycles. The van der Waals surface area contributed by atoms with E-state index in [2.05, 4.69) is 5.16 Å². The molecule has 8 heteroatoms. The minimum Gasteiger partial charge on any atom is -0.507 e. The highest BCUT2D eigenvalue weighted by Gasteiger charge is 2.31. The van der Waals surface area contributed by atoms with E-state index < -0.39 is 11.7 Å². The van der Waals surface area contributed by atoms with Crippen molar-refractivity contribution in [2.24, 2.45) is 0 Å². The Bertz CT molecular complexity index is 825. The number of amides is 1. The lowest BCUT2D eigenvalue weighted by molar-refractivity contribution is 0.0224. The maximum absolute atomic E-state index is 12.3. The molecule has 1 aliphatic rings. The molecule has 0 saturated heterocycles. The Balaban J connectivity index is 1.92. The topological polar surface area (TPSA) is 96.0 Å². The highest BCUT2D eigenvalue weighted by atomic mass is 35.5. The van der Waals surface area contributed by atoms with Crippen LogP contribution in [0.15, 0.2) is 16.7 Å². The van der Waals surface area contributed by atoms with Crippen molar-refractivity contribution in [1.29, 1.82) is 0 Å². The van der Waals surface area contributed by atoms with Crippen molar-refractivity contribution in [1.82, 2.24) is 10.1 Å². The number of aromatic hydroxyl groups is 2. The predicted molar refractivity (Wildman–Crippen MR) is 90.6 cm³/mol. The lowest BCUT2D eigenvalue weighted by atomic mass is 10.0. The molecule has 1 amide bonds. The van der Waals surface area contributed by atoms with Gasteiger partial charge in [0.1, 0.15) is 17.1 Å². The van der Waals surface area contributed by atoms with Crippen LogP contribution < -0.4 is 0 Å². The van der Waals surface area contributed by atoms with Crippen LogP contribution in [-0.4, -0.2) is 38.5 Å². The number of aromatic nitrogens is 1. The SMILES string of the molecule is CC(C)(C)OC(=O)N1CCc2noc(-c3cc(Cl)c(O)cc3O)c2C1. The molecule has 134 valence electrons. The summed E-state index contributed by atoms with van der Waals surface area (Å²) in [6, 6.07) is 2.54. The Morgan fingerprint density at radius 3 is 2.72 bits per heavy atom. The standard InChI is InChI=1S/C17H19ClN2O5/c1-17(2,3)24-16(23)20-5-4-12-10(8-20)15(25-19-12)9-6-11(18)14(22)7-13(9)21/h6-7,21-22H,4-5,8H2,1-3H3. The fourth-order valence-electron chi connectivity index (χ4n) is 2.64. The minimum absolute atomic E-state index is 0.0813. The lowest BCUT2D eigenvalue weighted by Crippen LogP contribution is -2.39. The van der Waals surface area contributed by atoms with Crippen LogP contribution in [0.5, 0.6) is 11.5 Å². The van der Waals surface area contributed by atoms with Crippen LogP contribution in [0.2, 0.25) is 5.02 Å². The maximum atomic E-state index is 12.3. The smallest absolute Gasteiger partial charge is 0.410 e. The zero-order chi connectivity index (χ0) is 18.4. The fraction of sp³-hybridized carbons (Fsp3) is 0.412. The van der Waals surface area contributed by atoms with E-state index in [0.29, 0.717) is 29.9 Å². The second-order valence-corrected chi connectivity index (χ2v) is 7.32. The monoisotopic (exact) mass is 366 g/mol. The Hall–Kier alpha value is -2.41. The molecule has 1 aromatic carbocycles. The summed E-state index contributed by atoms with van der Waals surface area (Å²) in [7, 11) is 0. The first-order chi connectivity index (χ1) is 11.7. The summed E-state index contributed by atoms with van der Waals surface area (Å²) in [5, 5.41) is 23.8. The van der Waals surface area contributed by atoms with Crippen LogP contribution >= 0.6 is 11.6 Å². The number of carbonyl (C=O) groups is 1. The van der Waals surface area contributed by atoms with Gasteiger partial charge in [0.15, 0.2) is 5.76 Å². The van der Waals surface area contributed by atoms with E-state index in [1.807, 2.05) is 20.8 Å². The van der Waals surface area contributed by atoms with Gasteiger partial charge in [-0.2, -0.15) is 0 Å².